The van der Waals surface area contributed by atoms with Gasteiger partial charge in [0, 0.05) is 18.5 Å². The highest BCUT2D eigenvalue weighted by Gasteiger charge is 2.31. The number of rotatable bonds is 2. The standard InChI is InChI=1S/C15H27N5O/c1-14(2,3)13(21)19-8-6-11(7-9-19)20-10-12(17-18-20)15(4,5)16/h10-11H,6-9,16H2,1-5H3. The summed E-state index contributed by atoms with van der Waals surface area (Å²) in [6.45, 7) is 11.3. The molecule has 21 heavy (non-hydrogen) atoms. The number of piperidine rings is 1. The first kappa shape index (κ1) is 15.9. The van der Waals surface area contributed by atoms with Crippen LogP contribution in [0, 0.1) is 5.41 Å². The van der Waals surface area contributed by atoms with Crippen LogP contribution in [0.15, 0.2) is 6.20 Å². The van der Waals surface area contributed by atoms with E-state index in [1.165, 1.54) is 0 Å². The Balaban J connectivity index is 1.98. The molecule has 0 aliphatic carbocycles. The lowest BCUT2D eigenvalue weighted by molar-refractivity contribution is -0.140. The molecule has 2 heterocycles. The molecule has 1 aromatic rings. The van der Waals surface area contributed by atoms with E-state index in [9.17, 15) is 4.79 Å². The van der Waals surface area contributed by atoms with E-state index in [0.717, 1.165) is 31.6 Å². The number of aromatic nitrogens is 3. The number of amides is 1. The van der Waals surface area contributed by atoms with Crippen LogP contribution in [0.2, 0.25) is 0 Å². The number of likely N-dealkylation sites (tertiary alicyclic amines) is 1. The van der Waals surface area contributed by atoms with Gasteiger partial charge >= 0.3 is 0 Å². The van der Waals surface area contributed by atoms with Gasteiger partial charge in [-0.1, -0.05) is 26.0 Å². The van der Waals surface area contributed by atoms with Crippen molar-refractivity contribution in [3.63, 3.8) is 0 Å². The molecule has 0 saturated carbocycles. The highest BCUT2D eigenvalue weighted by Crippen LogP contribution is 2.26. The minimum Gasteiger partial charge on any atom is -0.342 e. The van der Waals surface area contributed by atoms with Gasteiger partial charge in [-0.2, -0.15) is 0 Å². The Morgan fingerprint density at radius 2 is 1.81 bits per heavy atom. The smallest absolute Gasteiger partial charge is 0.227 e. The van der Waals surface area contributed by atoms with Crippen molar-refractivity contribution in [2.75, 3.05) is 13.1 Å². The molecular weight excluding hydrogens is 266 g/mol. The minimum absolute atomic E-state index is 0.225. The topological polar surface area (TPSA) is 77.0 Å². The van der Waals surface area contributed by atoms with E-state index in [1.807, 2.05) is 50.4 Å². The van der Waals surface area contributed by atoms with Crippen LogP contribution in [0.4, 0.5) is 0 Å². The van der Waals surface area contributed by atoms with Crippen LogP contribution in [0.25, 0.3) is 0 Å². The van der Waals surface area contributed by atoms with Gasteiger partial charge in [0.25, 0.3) is 0 Å². The summed E-state index contributed by atoms with van der Waals surface area (Å²) in [5, 5.41) is 8.37. The second-order valence-corrected chi connectivity index (χ2v) is 7.58. The Bertz CT molecular complexity index is 501. The number of carbonyl (C=O) groups is 1. The molecule has 2 N–H and O–H groups in total. The summed E-state index contributed by atoms with van der Waals surface area (Å²) in [6, 6.07) is 0.303. The number of hydrogen-bond acceptors (Lipinski definition) is 4. The first-order valence-electron chi connectivity index (χ1n) is 7.59. The predicted molar refractivity (Wildman–Crippen MR) is 81.5 cm³/mol. The molecule has 1 saturated heterocycles. The van der Waals surface area contributed by atoms with Gasteiger partial charge in [-0.3, -0.25) is 4.79 Å². The van der Waals surface area contributed by atoms with Crippen LogP contribution in [-0.2, 0) is 10.3 Å². The Morgan fingerprint density at radius 1 is 1.24 bits per heavy atom. The van der Waals surface area contributed by atoms with Crippen molar-refractivity contribution in [3.8, 4) is 0 Å². The normalized spacial score (nSPS) is 18.1. The maximum absolute atomic E-state index is 12.3. The molecule has 0 atom stereocenters. The number of nitrogens with zero attached hydrogens (tertiary/aromatic N) is 4. The molecule has 2 rings (SSSR count). The first-order chi connectivity index (χ1) is 9.59. The molecule has 1 amide bonds. The van der Waals surface area contributed by atoms with Gasteiger partial charge in [0.2, 0.25) is 5.91 Å². The fourth-order valence-electron chi connectivity index (χ4n) is 2.56. The molecular formula is C15H27N5O. The first-order valence-corrected chi connectivity index (χ1v) is 7.59. The molecule has 1 aromatic heterocycles. The molecule has 0 radical (unpaired) electrons. The maximum Gasteiger partial charge on any atom is 0.227 e. The highest BCUT2D eigenvalue weighted by atomic mass is 16.2. The number of carbonyl (C=O) groups excluding carboxylic acids is 1. The van der Waals surface area contributed by atoms with Crippen LogP contribution < -0.4 is 5.73 Å². The molecule has 118 valence electrons. The van der Waals surface area contributed by atoms with Gasteiger partial charge in [0.15, 0.2) is 0 Å². The molecule has 1 fully saturated rings. The van der Waals surface area contributed by atoms with Gasteiger partial charge in [0.1, 0.15) is 5.69 Å². The summed E-state index contributed by atoms with van der Waals surface area (Å²) >= 11 is 0. The molecule has 1 aliphatic heterocycles. The Labute approximate surface area is 126 Å². The van der Waals surface area contributed by atoms with Crippen molar-refractivity contribution in [1.29, 1.82) is 0 Å². The van der Waals surface area contributed by atoms with Crippen molar-refractivity contribution in [2.45, 2.75) is 59.0 Å². The maximum atomic E-state index is 12.3. The van der Waals surface area contributed by atoms with Gasteiger partial charge in [0.05, 0.1) is 17.8 Å². The number of hydrogen-bond donors (Lipinski definition) is 1. The van der Waals surface area contributed by atoms with Crippen molar-refractivity contribution in [2.24, 2.45) is 11.1 Å². The van der Waals surface area contributed by atoms with Crippen LogP contribution >= 0.6 is 0 Å². The fourth-order valence-corrected chi connectivity index (χ4v) is 2.56. The van der Waals surface area contributed by atoms with E-state index >= 15 is 0 Å². The van der Waals surface area contributed by atoms with Crippen LogP contribution in [-0.4, -0.2) is 38.9 Å². The quantitative estimate of drug-likeness (QED) is 0.900. The summed E-state index contributed by atoms with van der Waals surface area (Å²) in [4.78, 5) is 14.2. The minimum atomic E-state index is -0.471. The fraction of sp³-hybridized carbons (Fsp3) is 0.800. The van der Waals surface area contributed by atoms with E-state index in [4.69, 9.17) is 5.73 Å². The monoisotopic (exact) mass is 293 g/mol. The van der Waals surface area contributed by atoms with Gasteiger partial charge < -0.3 is 10.6 Å². The van der Waals surface area contributed by atoms with Crippen LogP contribution in [0.1, 0.15) is 59.2 Å². The van der Waals surface area contributed by atoms with Crippen molar-refractivity contribution in [1.82, 2.24) is 19.9 Å². The lowest BCUT2D eigenvalue weighted by Crippen LogP contribution is -2.44. The predicted octanol–water partition coefficient (Wildman–Crippen LogP) is 1.68. The second-order valence-electron chi connectivity index (χ2n) is 7.58. The summed E-state index contributed by atoms with van der Waals surface area (Å²) in [7, 11) is 0. The van der Waals surface area contributed by atoms with Gasteiger partial charge in [-0.25, -0.2) is 4.68 Å². The summed E-state index contributed by atoms with van der Waals surface area (Å²) in [6.07, 6.45) is 3.76. The Kier molecular flexibility index (Phi) is 4.10. The summed E-state index contributed by atoms with van der Waals surface area (Å²) in [5.74, 6) is 0.225. The van der Waals surface area contributed by atoms with Gasteiger partial charge in [-0.15, -0.1) is 5.10 Å². The average molecular weight is 293 g/mol. The molecule has 0 bridgehead atoms. The third-order valence-electron chi connectivity index (χ3n) is 3.94. The average Bonchev–Trinajstić information content (AvgIpc) is 2.86. The zero-order valence-electron chi connectivity index (χ0n) is 13.8. The molecule has 0 aromatic carbocycles. The van der Waals surface area contributed by atoms with Crippen molar-refractivity contribution in [3.05, 3.63) is 11.9 Å². The van der Waals surface area contributed by atoms with Crippen molar-refractivity contribution < 1.29 is 4.79 Å². The van der Waals surface area contributed by atoms with Crippen molar-refractivity contribution >= 4 is 5.91 Å². The number of nitrogens with two attached hydrogens (primary N) is 1. The van der Waals surface area contributed by atoms with E-state index in [2.05, 4.69) is 10.3 Å². The van der Waals surface area contributed by atoms with E-state index in [-0.39, 0.29) is 11.3 Å². The third kappa shape index (κ3) is 3.61. The molecule has 0 unspecified atom stereocenters. The van der Waals surface area contributed by atoms with E-state index < -0.39 is 5.54 Å². The highest BCUT2D eigenvalue weighted by molar-refractivity contribution is 5.81. The zero-order chi connectivity index (χ0) is 15.8. The Hall–Kier alpha value is -1.43. The SMILES string of the molecule is CC(C)(C)C(=O)N1CCC(n2cc(C(C)(C)N)nn2)CC1. The second kappa shape index (κ2) is 5.40. The third-order valence-corrected chi connectivity index (χ3v) is 3.94. The van der Waals surface area contributed by atoms with Gasteiger partial charge in [-0.05, 0) is 26.7 Å². The summed E-state index contributed by atoms with van der Waals surface area (Å²) < 4.78 is 1.91. The van der Waals surface area contributed by atoms with Crippen LogP contribution in [0.5, 0.6) is 0 Å². The lowest BCUT2D eigenvalue weighted by atomic mass is 9.93. The largest absolute Gasteiger partial charge is 0.342 e. The van der Waals surface area contributed by atoms with E-state index in [1.54, 1.807) is 0 Å². The molecule has 6 nitrogen and oxygen atoms in total. The summed E-state index contributed by atoms with van der Waals surface area (Å²) in [5.41, 5.74) is 6.06. The lowest BCUT2D eigenvalue weighted by Gasteiger charge is -2.35. The Morgan fingerprint density at radius 3 is 2.24 bits per heavy atom. The van der Waals surface area contributed by atoms with E-state index in [0.29, 0.717) is 6.04 Å². The molecule has 1 aliphatic rings. The van der Waals surface area contributed by atoms with Crippen LogP contribution in [0.3, 0.4) is 0 Å². The molecule has 0 spiro atoms. The molecule has 6 heteroatoms. The zero-order valence-corrected chi connectivity index (χ0v) is 13.8.